The molecule has 100 valence electrons. The minimum atomic E-state index is 0.241. The highest BCUT2D eigenvalue weighted by Gasteiger charge is 2.06. The fourth-order valence-electron chi connectivity index (χ4n) is 2.11. The van der Waals surface area contributed by atoms with Crippen LogP contribution >= 0.6 is 0 Å². The van der Waals surface area contributed by atoms with Crippen molar-refractivity contribution in [2.24, 2.45) is 0 Å². The summed E-state index contributed by atoms with van der Waals surface area (Å²) in [5.41, 5.74) is 2.03. The van der Waals surface area contributed by atoms with Gasteiger partial charge in [0, 0.05) is 24.5 Å². The van der Waals surface area contributed by atoms with Crippen LogP contribution in [-0.2, 0) is 6.54 Å². The van der Waals surface area contributed by atoms with Crippen LogP contribution in [0.2, 0.25) is 0 Å². The van der Waals surface area contributed by atoms with E-state index in [9.17, 15) is 10.2 Å². The molecule has 1 heterocycles. The van der Waals surface area contributed by atoms with Gasteiger partial charge in [-0.15, -0.1) is 0 Å². The molecule has 2 N–H and O–H groups in total. The topological polar surface area (TPSA) is 58.3 Å². The van der Waals surface area contributed by atoms with E-state index in [1.807, 2.05) is 35.0 Å². The fourth-order valence-corrected chi connectivity index (χ4v) is 2.11. The fraction of sp³-hybridized carbons (Fsp3) is 0.0625. The van der Waals surface area contributed by atoms with Crippen LogP contribution < -0.4 is 0 Å². The van der Waals surface area contributed by atoms with Crippen molar-refractivity contribution in [3.63, 3.8) is 0 Å². The SMILES string of the molecule is Oc1ccc(Cn2ccnc2-c2ccc(O)cc2)cc1. The first-order valence-corrected chi connectivity index (χ1v) is 6.31. The number of phenolic OH excluding ortho intramolecular Hbond substituents is 2. The monoisotopic (exact) mass is 266 g/mol. The second-order valence-electron chi connectivity index (χ2n) is 4.59. The maximum atomic E-state index is 9.33. The molecule has 0 aliphatic rings. The molecule has 0 atom stereocenters. The Morgan fingerprint density at radius 1 is 0.850 bits per heavy atom. The van der Waals surface area contributed by atoms with E-state index in [1.165, 1.54) is 0 Å². The lowest BCUT2D eigenvalue weighted by atomic mass is 10.2. The Labute approximate surface area is 116 Å². The van der Waals surface area contributed by atoms with E-state index in [0.717, 1.165) is 17.0 Å². The maximum absolute atomic E-state index is 9.33. The van der Waals surface area contributed by atoms with Crippen LogP contribution in [-0.4, -0.2) is 19.8 Å². The first-order valence-electron chi connectivity index (χ1n) is 6.31. The summed E-state index contributed by atoms with van der Waals surface area (Å²) in [4.78, 5) is 4.36. The van der Waals surface area contributed by atoms with E-state index < -0.39 is 0 Å². The molecule has 0 aliphatic carbocycles. The van der Waals surface area contributed by atoms with Crippen LogP contribution in [0.1, 0.15) is 5.56 Å². The van der Waals surface area contributed by atoms with Gasteiger partial charge >= 0.3 is 0 Å². The first-order chi connectivity index (χ1) is 9.72. The van der Waals surface area contributed by atoms with Gasteiger partial charge in [-0.25, -0.2) is 4.98 Å². The highest BCUT2D eigenvalue weighted by molar-refractivity contribution is 5.56. The number of imidazole rings is 1. The molecule has 0 saturated heterocycles. The molecular formula is C16H14N2O2. The van der Waals surface area contributed by atoms with E-state index in [1.54, 1.807) is 30.5 Å². The second kappa shape index (κ2) is 5.09. The third-order valence-corrected chi connectivity index (χ3v) is 3.13. The molecule has 0 unspecified atom stereocenters. The zero-order valence-corrected chi connectivity index (χ0v) is 10.8. The van der Waals surface area contributed by atoms with Gasteiger partial charge in [-0.05, 0) is 42.0 Å². The number of aromatic hydroxyl groups is 2. The van der Waals surface area contributed by atoms with E-state index >= 15 is 0 Å². The summed E-state index contributed by atoms with van der Waals surface area (Å²) in [7, 11) is 0. The number of nitrogens with zero attached hydrogens (tertiary/aromatic N) is 2. The first kappa shape index (κ1) is 12.3. The smallest absolute Gasteiger partial charge is 0.140 e. The maximum Gasteiger partial charge on any atom is 0.140 e. The van der Waals surface area contributed by atoms with Gasteiger partial charge < -0.3 is 14.8 Å². The molecule has 4 nitrogen and oxygen atoms in total. The lowest BCUT2D eigenvalue weighted by Crippen LogP contribution is -2.00. The third kappa shape index (κ3) is 2.49. The van der Waals surface area contributed by atoms with E-state index in [0.29, 0.717) is 6.54 Å². The summed E-state index contributed by atoms with van der Waals surface area (Å²) in [6.45, 7) is 0.677. The Morgan fingerprint density at radius 3 is 2.10 bits per heavy atom. The van der Waals surface area contributed by atoms with Crippen LogP contribution in [0.4, 0.5) is 0 Å². The molecule has 20 heavy (non-hydrogen) atoms. The van der Waals surface area contributed by atoms with E-state index in [2.05, 4.69) is 4.98 Å². The molecule has 4 heteroatoms. The molecule has 0 amide bonds. The third-order valence-electron chi connectivity index (χ3n) is 3.13. The zero-order chi connectivity index (χ0) is 13.9. The van der Waals surface area contributed by atoms with Crippen molar-refractivity contribution in [3.8, 4) is 22.9 Å². The van der Waals surface area contributed by atoms with Crippen molar-refractivity contribution in [3.05, 3.63) is 66.5 Å². The van der Waals surface area contributed by atoms with Crippen LogP contribution in [0.5, 0.6) is 11.5 Å². The van der Waals surface area contributed by atoms with E-state index in [-0.39, 0.29) is 11.5 Å². The summed E-state index contributed by atoms with van der Waals surface area (Å²) < 4.78 is 2.03. The molecule has 0 aliphatic heterocycles. The number of aromatic nitrogens is 2. The average molecular weight is 266 g/mol. The number of hydrogen-bond acceptors (Lipinski definition) is 3. The number of rotatable bonds is 3. The van der Waals surface area contributed by atoms with E-state index in [4.69, 9.17) is 0 Å². The molecule has 0 saturated carbocycles. The Morgan fingerprint density at radius 2 is 1.45 bits per heavy atom. The predicted octanol–water partition coefficient (Wildman–Crippen LogP) is 3.01. The van der Waals surface area contributed by atoms with Crippen molar-refractivity contribution in [1.82, 2.24) is 9.55 Å². The summed E-state index contributed by atoms with van der Waals surface area (Å²) in [5.74, 6) is 1.35. The van der Waals surface area contributed by atoms with Gasteiger partial charge in [-0.3, -0.25) is 0 Å². The standard InChI is InChI=1S/C16H14N2O2/c19-14-5-1-12(2-6-14)11-18-10-9-17-16(18)13-3-7-15(20)8-4-13/h1-10,19-20H,11H2. The van der Waals surface area contributed by atoms with Gasteiger partial charge in [-0.2, -0.15) is 0 Å². The molecule has 3 rings (SSSR count). The quantitative estimate of drug-likeness (QED) is 0.766. The Hall–Kier alpha value is -2.75. The lowest BCUT2D eigenvalue weighted by molar-refractivity contribution is 0.474. The summed E-state index contributed by atoms with van der Waals surface area (Å²) >= 11 is 0. The minimum absolute atomic E-state index is 0.241. The molecule has 1 aromatic heterocycles. The van der Waals surface area contributed by atoms with Crippen LogP contribution in [0.15, 0.2) is 60.9 Å². The van der Waals surface area contributed by atoms with Gasteiger partial charge in [0.1, 0.15) is 17.3 Å². The Kier molecular flexibility index (Phi) is 3.13. The summed E-state index contributed by atoms with van der Waals surface area (Å²) in [5, 5.41) is 18.6. The summed E-state index contributed by atoms with van der Waals surface area (Å²) in [6, 6.07) is 14.1. The Bertz CT molecular complexity index is 700. The van der Waals surface area contributed by atoms with Gasteiger partial charge in [0.25, 0.3) is 0 Å². The van der Waals surface area contributed by atoms with Crippen LogP contribution in [0.25, 0.3) is 11.4 Å². The molecule has 0 spiro atoms. The molecule has 0 bridgehead atoms. The Balaban J connectivity index is 1.90. The van der Waals surface area contributed by atoms with Crippen molar-refractivity contribution in [2.45, 2.75) is 6.54 Å². The van der Waals surface area contributed by atoms with Gasteiger partial charge in [0.15, 0.2) is 0 Å². The number of benzene rings is 2. The largest absolute Gasteiger partial charge is 0.508 e. The van der Waals surface area contributed by atoms with Crippen LogP contribution in [0, 0.1) is 0 Å². The molecule has 0 radical (unpaired) electrons. The normalized spacial score (nSPS) is 10.6. The molecule has 2 aromatic carbocycles. The molecule has 0 fully saturated rings. The second-order valence-corrected chi connectivity index (χ2v) is 4.59. The minimum Gasteiger partial charge on any atom is -0.508 e. The van der Waals surface area contributed by atoms with Gasteiger partial charge in [0.2, 0.25) is 0 Å². The lowest BCUT2D eigenvalue weighted by Gasteiger charge is -2.08. The highest BCUT2D eigenvalue weighted by atomic mass is 16.3. The molecule has 3 aromatic rings. The van der Waals surface area contributed by atoms with Crippen LogP contribution in [0.3, 0.4) is 0 Å². The highest BCUT2D eigenvalue weighted by Crippen LogP contribution is 2.21. The van der Waals surface area contributed by atoms with Crippen molar-refractivity contribution in [2.75, 3.05) is 0 Å². The van der Waals surface area contributed by atoms with Crippen molar-refractivity contribution < 1.29 is 10.2 Å². The molecular weight excluding hydrogens is 252 g/mol. The predicted molar refractivity (Wildman–Crippen MR) is 76.5 cm³/mol. The zero-order valence-electron chi connectivity index (χ0n) is 10.8. The van der Waals surface area contributed by atoms with Gasteiger partial charge in [-0.1, -0.05) is 12.1 Å². The summed E-state index contributed by atoms with van der Waals surface area (Å²) in [6.07, 6.45) is 3.66. The number of hydrogen-bond donors (Lipinski definition) is 2. The van der Waals surface area contributed by atoms with Crippen molar-refractivity contribution in [1.29, 1.82) is 0 Å². The number of phenols is 2. The average Bonchev–Trinajstić information content (AvgIpc) is 2.90. The van der Waals surface area contributed by atoms with Gasteiger partial charge in [0.05, 0.1) is 0 Å². The van der Waals surface area contributed by atoms with Crippen molar-refractivity contribution >= 4 is 0 Å².